The van der Waals surface area contributed by atoms with Gasteiger partial charge >= 0.3 is 5.97 Å². The van der Waals surface area contributed by atoms with Crippen LogP contribution in [0.4, 0.5) is 17.2 Å². The average Bonchev–Trinajstić information content (AvgIpc) is 2.96. The summed E-state index contributed by atoms with van der Waals surface area (Å²) >= 11 is 0. The third-order valence-corrected chi connectivity index (χ3v) is 6.47. The van der Waals surface area contributed by atoms with Crippen LogP contribution < -0.4 is 15.4 Å². The number of amides is 1. The first-order chi connectivity index (χ1) is 19.5. The van der Waals surface area contributed by atoms with E-state index in [0.29, 0.717) is 47.9 Å². The van der Waals surface area contributed by atoms with Gasteiger partial charge in [-0.1, -0.05) is 18.6 Å². The summed E-state index contributed by atoms with van der Waals surface area (Å²) in [5, 5.41) is 6.83. The minimum Gasteiger partial charge on any atom is -0.491 e. The number of nitrogens with zero attached hydrogens (tertiary/aromatic N) is 4. The van der Waals surface area contributed by atoms with Gasteiger partial charge in [0, 0.05) is 55.4 Å². The maximum atomic E-state index is 12.2. The summed E-state index contributed by atoms with van der Waals surface area (Å²) < 4.78 is 11.2. The van der Waals surface area contributed by atoms with Crippen LogP contribution in [0.2, 0.25) is 0 Å². The topological polar surface area (TPSA) is 109 Å². The Kier molecular flexibility index (Phi) is 10.0. The number of anilines is 3. The summed E-state index contributed by atoms with van der Waals surface area (Å²) in [4.78, 5) is 37.2. The van der Waals surface area contributed by atoms with Crippen LogP contribution in [0, 0.1) is 12.3 Å². The van der Waals surface area contributed by atoms with Crippen LogP contribution in [0.1, 0.15) is 18.9 Å². The number of terminal acetylenes is 1. The number of benzene rings is 2. The largest absolute Gasteiger partial charge is 0.491 e. The van der Waals surface area contributed by atoms with E-state index in [1.165, 1.54) is 12.4 Å². The highest BCUT2D eigenvalue weighted by molar-refractivity contribution is 6.03. The van der Waals surface area contributed by atoms with Gasteiger partial charge in [-0.05, 0) is 43.7 Å². The lowest BCUT2D eigenvalue weighted by atomic mass is 10.1. The molecule has 3 aromatic rings. The van der Waals surface area contributed by atoms with Crippen molar-refractivity contribution >= 4 is 40.0 Å². The van der Waals surface area contributed by atoms with E-state index in [9.17, 15) is 9.59 Å². The summed E-state index contributed by atoms with van der Waals surface area (Å²) in [6.45, 7) is 10.8. The third-order valence-electron chi connectivity index (χ3n) is 6.47. The van der Waals surface area contributed by atoms with Gasteiger partial charge in [0.15, 0.2) is 0 Å². The summed E-state index contributed by atoms with van der Waals surface area (Å²) in [6.07, 6.45) is 9.02. The molecule has 0 radical (unpaired) electrons. The molecule has 10 nitrogen and oxygen atoms in total. The van der Waals surface area contributed by atoms with Gasteiger partial charge in [-0.25, -0.2) is 9.97 Å². The molecule has 1 aliphatic heterocycles. The highest BCUT2D eigenvalue weighted by Crippen LogP contribution is 2.33. The Labute approximate surface area is 234 Å². The van der Waals surface area contributed by atoms with Crippen molar-refractivity contribution in [1.82, 2.24) is 19.8 Å². The Hall–Kier alpha value is -4.46. The van der Waals surface area contributed by atoms with Crippen LogP contribution in [0.25, 0.3) is 10.9 Å². The van der Waals surface area contributed by atoms with Crippen LogP contribution in [0.15, 0.2) is 55.4 Å². The average molecular weight is 543 g/mol. The number of hydrogen-bond donors (Lipinski definition) is 2. The highest BCUT2D eigenvalue weighted by atomic mass is 16.5. The number of fused-ring (bicyclic) bond motifs is 1. The maximum absolute atomic E-state index is 12.2. The predicted molar refractivity (Wildman–Crippen MR) is 156 cm³/mol. The second-order valence-electron chi connectivity index (χ2n) is 9.26. The molecule has 1 aliphatic rings. The van der Waals surface area contributed by atoms with Gasteiger partial charge < -0.3 is 25.0 Å². The number of carbonyl (C=O) groups is 2. The predicted octanol–water partition coefficient (Wildman–Crippen LogP) is 3.43. The fraction of sp³-hybridized carbons (Fsp3) is 0.333. The standard InChI is InChI=1S/C30H34N6O4/c1-4-22-9-7-10-23(17-22)33-30-24-18-26(34-28(37)5-2)27(19-25(24)31-21-32-30)40-16-8-11-35-12-14-36(15-13-35)20-29(38)39-6-3/h1,5,7,9-10,17-19,21H,2,6,8,11-16,20H2,3H3,(H,34,37)(H,31,32,33). The number of esters is 1. The van der Waals surface area contributed by atoms with Crippen molar-refractivity contribution < 1.29 is 19.1 Å². The number of ether oxygens (including phenoxy) is 2. The molecule has 0 bridgehead atoms. The zero-order valence-electron chi connectivity index (χ0n) is 22.7. The first-order valence-corrected chi connectivity index (χ1v) is 13.3. The molecule has 0 saturated carbocycles. The van der Waals surface area contributed by atoms with E-state index in [2.05, 4.69) is 42.9 Å². The SMILES string of the molecule is C#Cc1cccc(Nc2ncnc3cc(OCCCN4CCN(CC(=O)OCC)CC4)c(NC(=O)C=C)cc23)c1. The van der Waals surface area contributed by atoms with E-state index >= 15 is 0 Å². The Balaban J connectivity index is 1.40. The molecule has 1 aromatic heterocycles. The molecule has 1 amide bonds. The normalized spacial score (nSPS) is 13.8. The van der Waals surface area contributed by atoms with E-state index in [1.807, 2.05) is 31.2 Å². The molecule has 0 atom stereocenters. The van der Waals surface area contributed by atoms with E-state index in [1.54, 1.807) is 12.1 Å². The van der Waals surface area contributed by atoms with Gasteiger partial charge in [0.25, 0.3) is 0 Å². The summed E-state index contributed by atoms with van der Waals surface area (Å²) in [6, 6.07) is 11.1. The monoisotopic (exact) mass is 542 g/mol. The summed E-state index contributed by atoms with van der Waals surface area (Å²) in [7, 11) is 0. The minimum absolute atomic E-state index is 0.176. The molecule has 0 aliphatic carbocycles. The van der Waals surface area contributed by atoms with Gasteiger partial charge in [0.05, 0.1) is 31.0 Å². The van der Waals surface area contributed by atoms with Crippen LogP contribution in [0.5, 0.6) is 5.75 Å². The zero-order chi connectivity index (χ0) is 28.3. The Morgan fingerprint density at radius 2 is 1.95 bits per heavy atom. The minimum atomic E-state index is -0.349. The summed E-state index contributed by atoms with van der Waals surface area (Å²) in [5.74, 6) is 3.19. The van der Waals surface area contributed by atoms with Crippen molar-refractivity contribution in [3.8, 4) is 18.1 Å². The molecule has 208 valence electrons. The Morgan fingerprint density at radius 1 is 1.15 bits per heavy atom. The lowest BCUT2D eigenvalue weighted by molar-refractivity contribution is -0.144. The van der Waals surface area contributed by atoms with Crippen molar-refractivity contribution in [2.75, 3.05) is 63.1 Å². The smallest absolute Gasteiger partial charge is 0.320 e. The van der Waals surface area contributed by atoms with Crippen molar-refractivity contribution in [2.24, 2.45) is 0 Å². The molecule has 2 heterocycles. The van der Waals surface area contributed by atoms with E-state index < -0.39 is 0 Å². The molecule has 1 fully saturated rings. The maximum Gasteiger partial charge on any atom is 0.320 e. The van der Waals surface area contributed by atoms with Crippen molar-refractivity contribution in [3.05, 3.63) is 60.9 Å². The van der Waals surface area contributed by atoms with E-state index in [4.69, 9.17) is 15.9 Å². The molecule has 10 heteroatoms. The van der Waals surface area contributed by atoms with Gasteiger partial charge in [-0.15, -0.1) is 6.42 Å². The molecular weight excluding hydrogens is 508 g/mol. The fourth-order valence-corrected chi connectivity index (χ4v) is 4.44. The second kappa shape index (κ2) is 14.1. The first kappa shape index (κ1) is 28.5. The van der Waals surface area contributed by atoms with Crippen molar-refractivity contribution in [3.63, 3.8) is 0 Å². The Morgan fingerprint density at radius 3 is 2.70 bits per heavy atom. The van der Waals surface area contributed by atoms with Gasteiger partial charge in [-0.3, -0.25) is 14.5 Å². The molecule has 40 heavy (non-hydrogen) atoms. The number of aromatic nitrogens is 2. The summed E-state index contributed by atoms with van der Waals surface area (Å²) in [5.41, 5.74) is 2.70. The van der Waals surface area contributed by atoms with Gasteiger partial charge in [0.2, 0.25) is 5.91 Å². The fourth-order valence-electron chi connectivity index (χ4n) is 4.44. The van der Waals surface area contributed by atoms with E-state index in [-0.39, 0.29) is 11.9 Å². The van der Waals surface area contributed by atoms with Crippen molar-refractivity contribution in [1.29, 1.82) is 0 Å². The number of carbonyl (C=O) groups excluding carboxylic acids is 2. The molecule has 2 aromatic carbocycles. The molecule has 4 rings (SSSR count). The third kappa shape index (κ3) is 7.79. The quantitative estimate of drug-likeness (QED) is 0.154. The van der Waals surface area contributed by atoms with Crippen LogP contribution in [-0.4, -0.2) is 84.1 Å². The molecule has 2 N–H and O–H groups in total. The van der Waals surface area contributed by atoms with Crippen LogP contribution >= 0.6 is 0 Å². The number of nitrogens with one attached hydrogen (secondary N) is 2. The number of hydrogen-bond acceptors (Lipinski definition) is 9. The second-order valence-corrected chi connectivity index (χ2v) is 9.26. The van der Waals surface area contributed by atoms with Gasteiger partial charge in [0.1, 0.15) is 17.9 Å². The van der Waals surface area contributed by atoms with Crippen molar-refractivity contribution in [2.45, 2.75) is 13.3 Å². The molecule has 1 saturated heterocycles. The van der Waals surface area contributed by atoms with Crippen LogP contribution in [-0.2, 0) is 14.3 Å². The molecule has 0 spiro atoms. The highest BCUT2D eigenvalue weighted by Gasteiger charge is 2.19. The molecule has 0 unspecified atom stereocenters. The zero-order valence-corrected chi connectivity index (χ0v) is 22.7. The van der Waals surface area contributed by atoms with Crippen LogP contribution in [0.3, 0.4) is 0 Å². The Bertz CT molecular complexity index is 1390. The number of piperazine rings is 1. The van der Waals surface area contributed by atoms with E-state index in [0.717, 1.165) is 50.4 Å². The lowest BCUT2D eigenvalue weighted by Crippen LogP contribution is -2.48. The lowest BCUT2D eigenvalue weighted by Gasteiger charge is -2.34. The molecular formula is C30H34N6O4. The first-order valence-electron chi connectivity index (χ1n) is 13.3. The van der Waals surface area contributed by atoms with Gasteiger partial charge in [-0.2, -0.15) is 0 Å². The number of rotatable bonds is 12.